The summed E-state index contributed by atoms with van der Waals surface area (Å²) in [5.74, 6) is -0.628. The van der Waals surface area contributed by atoms with E-state index < -0.39 is 5.82 Å². The standard InChI is InChI=1S/C22H31FN6O2/c1-14(30)29-7-5-20(27-17-6-8-31-13-17)18(12-29)22(25)28-21-4-3-15(9-19(21)23)16(10-24)11-26-2/h3-4,9-11,17-18,20,24,26-27H,5-8,12-13H2,1-2H3,(H2,25,28)/b16-11+,24-10?. The molecule has 0 aromatic heterocycles. The summed E-state index contributed by atoms with van der Waals surface area (Å²) < 4.78 is 20.2. The summed E-state index contributed by atoms with van der Waals surface area (Å²) in [5.41, 5.74) is 1.32. The SMILES string of the molecule is CN/C=C(\C=N)c1ccc(NC(=N)C2CN(C(C)=O)CCC2NC2CCOC2)c(F)c1. The first kappa shape index (κ1) is 22.9. The Morgan fingerprint density at radius 3 is 2.77 bits per heavy atom. The molecule has 31 heavy (non-hydrogen) atoms. The van der Waals surface area contributed by atoms with Crippen LogP contribution >= 0.6 is 0 Å². The lowest BCUT2D eigenvalue weighted by molar-refractivity contribution is -0.130. The Bertz CT molecular complexity index is 852. The van der Waals surface area contributed by atoms with Gasteiger partial charge < -0.3 is 31.0 Å². The van der Waals surface area contributed by atoms with Crippen LogP contribution in [-0.2, 0) is 9.53 Å². The van der Waals surface area contributed by atoms with E-state index in [0.29, 0.717) is 30.8 Å². The van der Waals surface area contributed by atoms with Crippen molar-refractivity contribution in [3.63, 3.8) is 0 Å². The number of amidine groups is 1. The van der Waals surface area contributed by atoms with Gasteiger partial charge in [0, 0.05) is 69.7 Å². The topological polar surface area (TPSA) is 113 Å². The normalized spacial score (nSPS) is 24.0. The van der Waals surface area contributed by atoms with Crippen molar-refractivity contribution in [2.24, 2.45) is 5.92 Å². The van der Waals surface area contributed by atoms with Gasteiger partial charge >= 0.3 is 0 Å². The van der Waals surface area contributed by atoms with E-state index in [4.69, 9.17) is 15.6 Å². The molecule has 1 aromatic rings. The Balaban J connectivity index is 1.75. The number of benzene rings is 1. The van der Waals surface area contributed by atoms with Crippen molar-refractivity contribution in [3.05, 3.63) is 35.8 Å². The number of piperidine rings is 1. The Hall–Kier alpha value is -2.78. The number of amides is 1. The van der Waals surface area contributed by atoms with Crippen LogP contribution in [0.3, 0.4) is 0 Å². The van der Waals surface area contributed by atoms with Gasteiger partial charge in [-0.3, -0.25) is 10.2 Å². The highest BCUT2D eigenvalue weighted by atomic mass is 19.1. The monoisotopic (exact) mass is 430 g/mol. The molecule has 168 valence electrons. The molecular weight excluding hydrogens is 399 g/mol. The van der Waals surface area contributed by atoms with Crippen molar-refractivity contribution in [2.45, 2.75) is 31.8 Å². The number of carbonyl (C=O) groups excluding carboxylic acids is 1. The van der Waals surface area contributed by atoms with E-state index in [2.05, 4.69) is 16.0 Å². The van der Waals surface area contributed by atoms with Crippen molar-refractivity contribution >= 4 is 29.2 Å². The van der Waals surface area contributed by atoms with Gasteiger partial charge in [0.05, 0.1) is 12.3 Å². The molecule has 2 aliphatic heterocycles. The second-order valence-corrected chi connectivity index (χ2v) is 7.96. The van der Waals surface area contributed by atoms with Crippen molar-refractivity contribution in [1.29, 1.82) is 10.8 Å². The van der Waals surface area contributed by atoms with Crippen LogP contribution in [0.5, 0.6) is 0 Å². The van der Waals surface area contributed by atoms with Crippen molar-refractivity contribution in [1.82, 2.24) is 15.5 Å². The molecule has 9 heteroatoms. The largest absolute Gasteiger partial charge is 0.393 e. The number of nitrogens with zero attached hydrogens (tertiary/aromatic N) is 1. The van der Waals surface area contributed by atoms with Crippen LogP contribution in [-0.4, -0.2) is 68.3 Å². The molecule has 3 atom stereocenters. The Morgan fingerprint density at radius 2 is 2.16 bits per heavy atom. The zero-order valence-electron chi connectivity index (χ0n) is 18.0. The number of allylic oxidation sites excluding steroid dienone is 1. The minimum Gasteiger partial charge on any atom is -0.393 e. The molecular formula is C22H31FN6O2. The molecule has 1 aromatic carbocycles. The van der Waals surface area contributed by atoms with Gasteiger partial charge in [-0.15, -0.1) is 0 Å². The van der Waals surface area contributed by atoms with E-state index in [1.54, 1.807) is 30.3 Å². The van der Waals surface area contributed by atoms with E-state index in [0.717, 1.165) is 25.7 Å². The molecule has 3 rings (SSSR count). The van der Waals surface area contributed by atoms with Crippen LogP contribution in [0.1, 0.15) is 25.3 Å². The summed E-state index contributed by atoms with van der Waals surface area (Å²) in [6, 6.07) is 4.87. The number of nitrogens with one attached hydrogen (secondary N) is 5. The van der Waals surface area contributed by atoms with Gasteiger partial charge in [0.1, 0.15) is 11.7 Å². The Morgan fingerprint density at radius 1 is 1.35 bits per heavy atom. The molecule has 2 aliphatic rings. The quantitative estimate of drug-likeness (QED) is 0.336. The maximum absolute atomic E-state index is 14.8. The maximum atomic E-state index is 14.8. The maximum Gasteiger partial charge on any atom is 0.219 e. The Labute approximate surface area is 182 Å². The molecule has 5 N–H and O–H groups in total. The number of rotatable bonds is 7. The van der Waals surface area contributed by atoms with E-state index in [-0.39, 0.29) is 35.4 Å². The Kier molecular flexibility index (Phi) is 7.75. The first-order valence-corrected chi connectivity index (χ1v) is 10.6. The van der Waals surface area contributed by atoms with Crippen molar-refractivity contribution in [2.75, 3.05) is 38.7 Å². The zero-order valence-corrected chi connectivity index (χ0v) is 18.0. The summed E-state index contributed by atoms with van der Waals surface area (Å²) in [6.07, 6.45) is 4.43. The van der Waals surface area contributed by atoms with Crippen LogP contribution in [0.2, 0.25) is 0 Å². The van der Waals surface area contributed by atoms with Crippen LogP contribution in [0.4, 0.5) is 10.1 Å². The molecule has 0 radical (unpaired) electrons. The number of likely N-dealkylation sites (tertiary alicyclic amines) is 1. The van der Waals surface area contributed by atoms with Gasteiger partial charge in [0.15, 0.2) is 0 Å². The lowest BCUT2D eigenvalue weighted by Gasteiger charge is -2.40. The highest BCUT2D eigenvalue weighted by Crippen LogP contribution is 2.24. The first-order valence-electron chi connectivity index (χ1n) is 10.6. The van der Waals surface area contributed by atoms with E-state index >= 15 is 0 Å². The zero-order chi connectivity index (χ0) is 22.4. The van der Waals surface area contributed by atoms with E-state index in [1.165, 1.54) is 13.0 Å². The smallest absolute Gasteiger partial charge is 0.219 e. The molecule has 2 saturated heterocycles. The number of hydrogen-bond donors (Lipinski definition) is 5. The fraction of sp³-hybridized carbons (Fsp3) is 0.500. The highest BCUT2D eigenvalue weighted by Gasteiger charge is 2.35. The third-order valence-electron chi connectivity index (χ3n) is 5.84. The van der Waals surface area contributed by atoms with Crippen molar-refractivity contribution in [3.8, 4) is 0 Å². The lowest BCUT2D eigenvalue weighted by Crippen LogP contribution is -2.56. The van der Waals surface area contributed by atoms with Gasteiger partial charge in [0.25, 0.3) is 0 Å². The summed E-state index contributed by atoms with van der Waals surface area (Å²) in [6.45, 7) is 3.95. The molecule has 2 heterocycles. The number of halogens is 1. The van der Waals surface area contributed by atoms with Crippen molar-refractivity contribution < 1.29 is 13.9 Å². The van der Waals surface area contributed by atoms with Crippen LogP contribution in [0, 0.1) is 22.6 Å². The molecule has 0 spiro atoms. The summed E-state index contributed by atoms with van der Waals surface area (Å²) in [4.78, 5) is 13.7. The third-order valence-corrected chi connectivity index (χ3v) is 5.84. The van der Waals surface area contributed by atoms with Crippen LogP contribution in [0.15, 0.2) is 24.4 Å². The molecule has 2 fully saturated rings. The van der Waals surface area contributed by atoms with Gasteiger partial charge in [0.2, 0.25) is 5.91 Å². The second-order valence-electron chi connectivity index (χ2n) is 7.96. The molecule has 8 nitrogen and oxygen atoms in total. The first-order chi connectivity index (χ1) is 14.9. The summed E-state index contributed by atoms with van der Waals surface area (Å²) in [5, 5.41) is 25.5. The second kappa shape index (κ2) is 10.5. The minimum absolute atomic E-state index is 0.00714. The predicted octanol–water partition coefficient (Wildman–Crippen LogP) is 2.04. The molecule has 0 aliphatic carbocycles. The van der Waals surface area contributed by atoms with E-state index in [1.807, 2.05) is 0 Å². The molecule has 1 amide bonds. The lowest BCUT2D eigenvalue weighted by atomic mass is 9.89. The number of hydrogen-bond acceptors (Lipinski definition) is 6. The highest BCUT2D eigenvalue weighted by molar-refractivity contribution is 6.08. The number of carbonyl (C=O) groups is 1. The number of ether oxygens (including phenoxy) is 1. The van der Waals surface area contributed by atoms with E-state index in [9.17, 15) is 9.18 Å². The fourth-order valence-corrected chi connectivity index (χ4v) is 4.10. The van der Waals surface area contributed by atoms with Gasteiger partial charge in [-0.25, -0.2) is 4.39 Å². The minimum atomic E-state index is -0.501. The number of anilines is 1. The molecule has 0 saturated carbocycles. The van der Waals surface area contributed by atoms with Gasteiger partial charge in [-0.1, -0.05) is 6.07 Å². The van der Waals surface area contributed by atoms with Crippen LogP contribution < -0.4 is 16.0 Å². The molecule has 0 bridgehead atoms. The average Bonchev–Trinajstić information content (AvgIpc) is 3.26. The predicted molar refractivity (Wildman–Crippen MR) is 120 cm³/mol. The summed E-state index contributed by atoms with van der Waals surface area (Å²) in [7, 11) is 1.72. The third kappa shape index (κ3) is 5.68. The fourth-order valence-electron chi connectivity index (χ4n) is 4.10. The summed E-state index contributed by atoms with van der Waals surface area (Å²) >= 11 is 0. The van der Waals surface area contributed by atoms with Gasteiger partial charge in [-0.2, -0.15) is 0 Å². The molecule has 3 unspecified atom stereocenters. The van der Waals surface area contributed by atoms with Crippen LogP contribution in [0.25, 0.3) is 5.57 Å². The average molecular weight is 431 g/mol. The van der Waals surface area contributed by atoms with Gasteiger partial charge in [-0.05, 0) is 30.5 Å².